The van der Waals surface area contributed by atoms with Crippen LogP contribution in [0, 0.1) is 34.6 Å². The zero-order chi connectivity index (χ0) is 20.4. The van der Waals surface area contributed by atoms with Gasteiger partial charge < -0.3 is 5.32 Å². The van der Waals surface area contributed by atoms with Crippen LogP contribution in [0.4, 0.5) is 5.69 Å². The first kappa shape index (κ1) is 20.1. The first-order chi connectivity index (χ1) is 13.3. The Morgan fingerprint density at radius 3 is 2.29 bits per heavy atom. The Morgan fingerprint density at radius 1 is 1.00 bits per heavy atom. The van der Waals surface area contributed by atoms with Crippen molar-refractivity contribution in [1.29, 1.82) is 0 Å². The Bertz CT molecular complexity index is 1000. The summed E-state index contributed by atoms with van der Waals surface area (Å²) in [7, 11) is 0. The number of rotatable bonds is 5. The first-order valence-corrected chi connectivity index (χ1v) is 10.1. The van der Waals surface area contributed by atoms with Crippen LogP contribution < -0.4 is 5.32 Å². The summed E-state index contributed by atoms with van der Waals surface area (Å²) in [4.78, 5) is 12.8. The number of aryl methyl sites for hydroxylation is 5. The van der Waals surface area contributed by atoms with Gasteiger partial charge in [-0.05, 0) is 74.7 Å². The number of hydrogen-bond acceptors (Lipinski definition) is 5. The van der Waals surface area contributed by atoms with Gasteiger partial charge in [-0.25, -0.2) is 0 Å². The minimum absolute atomic E-state index is 0.0739. The van der Waals surface area contributed by atoms with Gasteiger partial charge in [0.25, 0.3) is 0 Å². The van der Waals surface area contributed by atoms with E-state index in [9.17, 15) is 4.79 Å². The molecule has 0 aliphatic carbocycles. The molecular formula is C21H25N5OS. The molecule has 0 aliphatic heterocycles. The third-order valence-corrected chi connectivity index (χ3v) is 5.63. The number of aromatic nitrogens is 4. The summed E-state index contributed by atoms with van der Waals surface area (Å²) in [6.07, 6.45) is 0. The summed E-state index contributed by atoms with van der Waals surface area (Å²) in [6, 6.07) is 10.2. The molecule has 0 fully saturated rings. The number of nitrogens with one attached hydrogen (secondary N) is 1. The number of tetrazole rings is 1. The standard InChI is InChI=1S/C21H25N5OS/c1-12-7-8-18(14(3)9-12)26-21(23-24-25-26)28-17(6)20(27)22-19-15(4)10-13(2)11-16(19)5/h7-11,17H,1-6H3,(H,22,27)/t17-/m0/s1. The number of carbonyl (C=O) groups excluding carboxylic acids is 1. The molecule has 0 saturated heterocycles. The van der Waals surface area contributed by atoms with E-state index in [2.05, 4.69) is 46.0 Å². The highest BCUT2D eigenvalue weighted by Crippen LogP contribution is 2.27. The number of thioether (sulfide) groups is 1. The average molecular weight is 396 g/mol. The van der Waals surface area contributed by atoms with Gasteiger partial charge in [0.15, 0.2) is 0 Å². The molecule has 0 aliphatic rings. The normalized spacial score (nSPS) is 12.1. The molecule has 28 heavy (non-hydrogen) atoms. The molecule has 1 aromatic heterocycles. The van der Waals surface area contributed by atoms with E-state index in [0.717, 1.165) is 28.1 Å². The Kier molecular flexibility index (Phi) is 5.84. The molecular weight excluding hydrogens is 370 g/mol. The topological polar surface area (TPSA) is 72.7 Å². The Morgan fingerprint density at radius 2 is 1.64 bits per heavy atom. The Hall–Kier alpha value is -2.67. The van der Waals surface area contributed by atoms with E-state index < -0.39 is 0 Å². The lowest BCUT2D eigenvalue weighted by Gasteiger charge is -2.16. The van der Waals surface area contributed by atoms with E-state index in [1.165, 1.54) is 22.9 Å². The maximum atomic E-state index is 12.8. The molecule has 0 bridgehead atoms. The molecule has 7 heteroatoms. The highest BCUT2D eigenvalue weighted by molar-refractivity contribution is 8.00. The molecule has 1 N–H and O–H groups in total. The minimum Gasteiger partial charge on any atom is -0.325 e. The van der Waals surface area contributed by atoms with E-state index in [4.69, 9.17) is 0 Å². The van der Waals surface area contributed by atoms with Crippen molar-refractivity contribution in [3.05, 3.63) is 58.1 Å². The number of nitrogens with zero attached hydrogens (tertiary/aromatic N) is 4. The quantitative estimate of drug-likeness (QED) is 0.651. The summed E-state index contributed by atoms with van der Waals surface area (Å²) >= 11 is 1.34. The molecule has 1 atom stereocenters. The summed E-state index contributed by atoms with van der Waals surface area (Å²) in [5.41, 5.74) is 7.35. The molecule has 0 unspecified atom stereocenters. The number of benzene rings is 2. The highest BCUT2D eigenvalue weighted by Gasteiger charge is 2.21. The van der Waals surface area contributed by atoms with Crippen molar-refractivity contribution in [3.8, 4) is 5.69 Å². The smallest absolute Gasteiger partial charge is 0.237 e. The highest BCUT2D eigenvalue weighted by atomic mass is 32.2. The SMILES string of the molecule is Cc1ccc(-n2nnnc2S[C@@H](C)C(=O)Nc2c(C)cc(C)cc2C)c(C)c1. The largest absolute Gasteiger partial charge is 0.325 e. The number of anilines is 1. The second-order valence-electron chi connectivity index (χ2n) is 7.19. The summed E-state index contributed by atoms with van der Waals surface area (Å²) in [5.74, 6) is -0.0739. The monoisotopic (exact) mass is 395 g/mol. The van der Waals surface area contributed by atoms with Crippen LogP contribution in [0.3, 0.4) is 0 Å². The number of carbonyl (C=O) groups is 1. The lowest BCUT2D eigenvalue weighted by molar-refractivity contribution is -0.115. The van der Waals surface area contributed by atoms with Crippen molar-refractivity contribution in [2.45, 2.75) is 51.9 Å². The van der Waals surface area contributed by atoms with Gasteiger partial charge in [0.1, 0.15) is 0 Å². The van der Waals surface area contributed by atoms with Crippen LogP contribution in [0.25, 0.3) is 5.69 Å². The van der Waals surface area contributed by atoms with Crippen LogP contribution in [0.15, 0.2) is 35.5 Å². The fourth-order valence-electron chi connectivity index (χ4n) is 3.26. The molecule has 2 aromatic carbocycles. The van der Waals surface area contributed by atoms with Crippen LogP contribution in [0.2, 0.25) is 0 Å². The maximum absolute atomic E-state index is 12.8. The van der Waals surface area contributed by atoms with Gasteiger partial charge in [0, 0.05) is 5.69 Å². The summed E-state index contributed by atoms with van der Waals surface area (Å²) < 4.78 is 1.69. The summed E-state index contributed by atoms with van der Waals surface area (Å²) in [5, 5.41) is 15.3. The predicted octanol–water partition coefficient (Wildman–Crippen LogP) is 4.32. The molecule has 1 amide bonds. The fraction of sp³-hybridized carbons (Fsp3) is 0.333. The third-order valence-electron chi connectivity index (χ3n) is 4.60. The van der Waals surface area contributed by atoms with Gasteiger partial charge in [-0.15, -0.1) is 5.10 Å². The van der Waals surface area contributed by atoms with Gasteiger partial charge in [-0.1, -0.05) is 47.2 Å². The van der Waals surface area contributed by atoms with Crippen LogP contribution in [0.5, 0.6) is 0 Å². The molecule has 0 saturated carbocycles. The van der Waals surface area contributed by atoms with Crippen LogP contribution in [-0.2, 0) is 4.79 Å². The van der Waals surface area contributed by atoms with E-state index in [-0.39, 0.29) is 11.2 Å². The van der Waals surface area contributed by atoms with Crippen molar-refractivity contribution < 1.29 is 4.79 Å². The molecule has 6 nitrogen and oxygen atoms in total. The maximum Gasteiger partial charge on any atom is 0.237 e. The molecule has 1 heterocycles. The molecule has 0 radical (unpaired) electrons. The van der Waals surface area contributed by atoms with Crippen LogP contribution >= 0.6 is 11.8 Å². The predicted molar refractivity (Wildman–Crippen MR) is 113 cm³/mol. The first-order valence-electron chi connectivity index (χ1n) is 9.17. The molecule has 3 aromatic rings. The van der Waals surface area contributed by atoms with Gasteiger partial charge in [0.05, 0.1) is 10.9 Å². The lowest BCUT2D eigenvalue weighted by Crippen LogP contribution is -2.24. The van der Waals surface area contributed by atoms with Gasteiger partial charge in [-0.2, -0.15) is 4.68 Å². The van der Waals surface area contributed by atoms with Crippen molar-refractivity contribution >= 4 is 23.4 Å². The number of amides is 1. The van der Waals surface area contributed by atoms with Crippen LogP contribution in [-0.4, -0.2) is 31.4 Å². The van der Waals surface area contributed by atoms with Crippen molar-refractivity contribution in [1.82, 2.24) is 20.2 Å². The van der Waals surface area contributed by atoms with Crippen molar-refractivity contribution in [3.63, 3.8) is 0 Å². The fourth-order valence-corrected chi connectivity index (χ4v) is 4.06. The van der Waals surface area contributed by atoms with E-state index in [0.29, 0.717) is 5.16 Å². The van der Waals surface area contributed by atoms with Crippen molar-refractivity contribution in [2.24, 2.45) is 0 Å². The van der Waals surface area contributed by atoms with Crippen molar-refractivity contribution in [2.75, 3.05) is 5.32 Å². The Balaban J connectivity index is 1.78. The molecule has 0 spiro atoms. The average Bonchev–Trinajstić information content (AvgIpc) is 3.05. The Labute approximate surface area is 169 Å². The van der Waals surface area contributed by atoms with Gasteiger partial charge in [-0.3, -0.25) is 4.79 Å². The van der Waals surface area contributed by atoms with E-state index in [1.54, 1.807) is 4.68 Å². The van der Waals surface area contributed by atoms with Gasteiger partial charge >= 0.3 is 0 Å². The molecule has 146 valence electrons. The molecule has 3 rings (SSSR count). The second kappa shape index (κ2) is 8.14. The van der Waals surface area contributed by atoms with Gasteiger partial charge in [0.2, 0.25) is 11.1 Å². The van der Waals surface area contributed by atoms with Crippen LogP contribution in [0.1, 0.15) is 34.7 Å². The van der Waals surface area contributed by atoms with E-state index in [1.807, 2.05) is 46.8 Å². The zero-order valence-corrected chi connectivity index (χ0v) is 17.9. The third kappa shape index (κ3) is 4.25. The second-order valence-corrected chi connectivity index (χ2v) is 8.49. The summed E-state index contributed by atoms with van der Waals surface area (Å²) in [6.45, 7) is 12.0. The minimum atomic E-state index is -0.351. The lowest BCUT2D eigenvalue weighted by atomic mass is 10.1. The van der Waals surface area contributed by atoms with E-state index >= 15 is 0 Å². The number of hydrogen-bond donors (Lipinski definition) is 1. The zero-order valence-electron chi connectivity index (χ0n) is 17.1.